The molecule has 0 aromatic heterocycles. The maximum Gasteiger partial charge on any atom is 0.123 e. The Hall–Kier alpha value is -1.09. The van der Waals surface area contributed by atoms with E-state index in [9.17, 15) is 4.39 Å². The number of hydrogen-bond donors (Lipinski definition) is 1. The van der Waals surface area contributed by atoms with E-state index in [0.29, 0.717) is 6.04 Å². The summed E-state index contributed by atoms with van der Waals surface area (Å²) >= 11 is 0. The van der Waals surface area contributed by atoms with E-state index in [4.69, 9.17) is 0 Å². The van der Waals surface area contributed by atoms with Gasteiger partial charge in [0, 0.05) is 24.8 Å². The van der Waals surface area contributed by atoms with Gasteiger partial charge in [-0.25, -0.2) is 4.39 Å². The molecular formula is C15H25FN2. The van der Waals surface area contributed by atoms with E-state index in [1.165, 1.54) is 6.07 Å². The van der Waals surface area contributed by atoms with Crippen molar-refractivity contribution in [3.63, 3.8) is 0 Å². The van der Waals surface area contributed by atoms with Gasteiger partial charge in [-0.15, -0.1) is 0 Å². The summed E-state index contributed by atoms with van der Waals surface area (Å²) < 4.78 is 13.4. The van der Waals surface area contributed by atoms with Crippen LogP contribution in [0.15, 0.2) is 18.2 Å². The fourth-order valence-electron chi connectivity index (χ4n) is 1.94. The van der Waals surface area contributed by atoms with Crippen LogP contribution in [0.3, 0.4) is 0 Å². The molecule has 0 heterocycles. The summed E-state index contributed by atoms with van der Waals surface area (Å²) in [6, 6.07) is 5.60. The minimum Gasteiger partial charge on any atom is -0.372 e. The van der Waals surface area contributed by atoms with Gasteiger partial charge < -0.3 is 10.2 Å². The van der Waals surface area contributed by atoms with Crippen LogP contribution in [0.2, 0.25) is 0 Å². The van der Waals surface area contributed by atoms with Crippen molar-refractivity contribution < 1.29 is 4.39 Å². The molecule has 0 spiro atoms. The van der Waals surface area contributed by atoms with Gasteiger partial charge in [0.15, 0.2) is 0 Å². The largest absolute Gasteiger partial charge is 0.372 e. The summed E-state index contributed by atoms with van der Waals surface area (Å²) in [7, 11) is 2.05. The van der Waals surface area contributed by atoms with Crippen molar-refractivity contribution in [2.75, 3.05) is 18.5 Å². The molecule has 2 nitrogen and oxygen atoms in total. The summed E-state index contributed by atoms with van der Waals surface area (Å²) in [5, 5.41) is 3.42. The summed E-state index contributed by atoms with van der Waals surface area (Å²) in [5.41, 5.74) is 2.13. The van der Waals surface area contributed by atoms with Crippen LogP contribution in [0.5, 0.6) is 0 Å². The van der Waals surface area contributed by atoms with Gasteiger partial charge in [-0.05, 0) is 57.5 Å². The molecule has 0 radical (unpaired) electrons. The summed E-state index contributed by atoms with van der Waals surface area (Å²) in [6.07, 6.45) is 1.08. The Kier molecular flexibility index (Phi) is 5.60. The van der Waals surface area contributed by atoms with E-state index in [1.54, 1.807) is 6.07 Å². The van der Waals surface area contributed by atoms with Gasteiger partial charge in [0.2, 0.25) is 0 Å². The SMILES string of the molecule is CCCNC(C)c1cc(F)ccc1N(C)C(C)C. The number of hydrogen-bond acceptors (Lipinski definition) is 2. The molecule has 1 aromatic rings. The number of rotatable bonds is 6. The van der Waals surface area contributed by atoms with Crippen LogP contribution in [-0.2, 0) is 0 Å². The maximum absolute atomic E-state index is 13.4. The normalized spacial score (nSPS) is 12.8. The predicted molar refractivity (Wildman–Crippen MR) is 76.6 cm³/mol. The van der Waals surface area contributed by atoms with Crippen LogP contribution >= 0.6 is 0 Å². The van der Waals surface area contributed by atoms with Crippen LogP contribution in [0.4, 0.5) is 10.1 Å². The Balaban J connectivity index is 3.03. The maximum atomic E-state index is 13.4. The van der Waals surface area contributed by atoms with Crippen molar-refractivity contribution in [1.29, 1.82) is 0 Å². The number of anilines is 1. The minimum atomic E-state index is -0.170. The van der Waals surface area contributed by atoms with Crippen LogP contribution in [0.25, 0.3) is 0 Å². The first kappa shape index (κ1) is 15.0. The molecule has 0 saturated carbocycles. The molecule has 3 heteroatoms. The van der Waals surface area contributed by atoms with E-state index < -0.39 is 0 Å². The Morgan fingerprint density at radius 1 is 1.28 bits per heavy atom. The van der Waals surface area contributed by atoms with E-state index in [1.807, 2.05) is 13.1 Å². The molecule has 1 unspecified atom stereocenters. The van der Waals surface area contributed by atoms with Gasteiger partial charge in [0.05, 0.1) is 0 Å². The zero-order valence-electron chi connectivity index (χ0n) is 12.1. The molecule has 0 aliphatic rings. The van der Waals surface area contributed by atoms with Crippen molar-refractivity contribution in [1.82, 2.24) is 5.32 Å². The lowest BCUT2D eigenvalue weighted by Gasteiger charge is -2.28. The highest BCUT2D eigenvalue weighted by Gasteiger charge is 2.15. The third-order valence-corrected chi connectivity index (χ3v) is 3.31. The quantitative estimate of drug-likeness (QED) is 0.830. The van der Waals surface area contributed by atoms with Crippen molar-refractivity contribution in [3.05, 3.63) is 29.6 Å². The first-order valence-electron chi connectivity index (χ1n) is 6.73. The number of nitrogens with zero attached hydrogens (tertiary/aromatic N) is 1. The van der Waals surface area contributed by atoms with Gasteiger partial charge in [-0.2, -0.15) is 0 Å². The van der Waals surface area contributed by atoms with Crippen LogP contribution in [-0.4, -0.2) is 19.6 Å². The highest BCUT2D eigenvalue weighted by atomic mass is 19.1. The van der Waals surface area contributed by atoms with E-state index in [-0.39, 0.29) is 11.9 Å². The second-order valence-corrected chi connectivity index (χ2v) is 5.08. The molecule has 0 fully saturated rings. The summed E-state index contributed by atoms with van der Waals surface area (Å²) in [5.74, 6) is -0.170. The Morgan fingerprint density at radius 2 is 1.94 bits per heavy atom. The van der Waals surface area contributed by atoms with E-state index in [2.05, 4.69) is 37.9 Å². The van der Waals surface area contributed by atoms with Crippen LogP contribution in [0, 0.1) is 5.82 Å². The van der Waals surface area contributed by atoms with Crippen molar-refractivity contribution in [3.8, 4) is 0 Å². The molecule has 0 saturated heterocycles. The topological polar surface area (TPSA) is 15.3 Å². The summed E-state index contributed by atoms with van der Waals surface area (Å²) in [6.45, 7) is 9.44. The molecule has 18 heavy (non-hydrogen) atoms. The lowest BCUT2D eigenvalue weighted by molar-refractivity contribution is 0.559. The standard InChI is InChI=1S/C15H25FN2/c1-6-9-17-12(4)14-10-13(16)7-8-15(14)18(5)11(2)3/h7-8,10-12,17H,6,9H2,1-5H3. The number of benzene rings is 1. The van der Waals surface area contributed by atoms with Crippen molar-refractivity contribution >= 4 is 5.69 Å². The number of nitrogens with one attached hydrogen (secondary N) is 1. The average molecular weight is 252 g/mol. The van der Waals surface area contributed by atoms with E-state index in [0.717, 1.165) is 24.2 Å². The zero-order chi connectivity index (χ0) is 13.7. The molecule has 0 amide bonds. The highest BCUT2D eigenvalue weighted by Crippen LogP contribution is 2.27. The monoisotopic (exact) mass is 252 g/mol. The molecule has 102 valence electrons. The lowest BCUT2D eigenvalue weighted by Crippen LogP contribution is -2.29. The third-order valence-electron chi connectivity index (χ3n) is 3.31. The van der Waals surface area contributed by atoms with Gasteiger partial charge >= 0.3 is 0 Å². The van der Waals surface area contributed by atoms with Gasteiger partial charge in [0.1, 0.15) is 5.82 Å². The third kappa shape index (κ3) is 3.70. The Morgan fingerprint density at radius 3 is 2.50 bits per heavy atom. The Labute approximate surface area is 110 Å². The fraction of sp³-hybridized carbons (Fsp3) is 0.600. The second kappa shape index (κ2) is 6.74. The molecule has 1 rings (SSSR count). The lowest BCUT2D eigenvalue weighted by atomic mass is 10.0. The molecule has 0 aliphatic heterocycles. The first-order chi connectivity index (χ1) is 8.47. The molecule has 1 aromatic carbocycles. The smallest absolute Gasteiger partial charge is 0.123 e. The molecule has 1 atom stereocenters. The summed E-state index contributed by atoms with van der Waals surface area (Å²) in [4.78, 5) is 2.18. The van der Waals surface area contributed by atoms with Crippen molar-refractivity contribution in [2.24, 2.45) is 0 Å². The number of halogens is 1. The fourth-order valence-corrected chi connectivity index (χ4v) is 1.94. The van der Waals surface area contributed by atoms with Gasteiger partial charge in [0.25, 0.3) is 0 Å². The van der Waals surface area contributed by atoms with Crippen LogP contribution < -0.4 is 10.2 Å². The van der Waals surface area contributed by atoms with E-state index >= 15 is 0 Å². The highest BCUT2D eigenvalue weighted by molar-refractivity contribution is 5.55. The average Bonchev–Trinajstić information content (AvgIpc) is 2.34. The first-order valence-corrected chi connectivity index (χ1v) is 6.73. The van der Waals surface area contributed by atoms with Crippen molar-refractivity contribution in [2.45, 2.75) is 46.2 Å². The minimum absolute atomic E-state index is 0.164. The molecule has 1 N–H and O–H groups in total. The molecule has 0 bridgehead atoms. The van der Waals surface area contributed by atoms with Crippen LogP contribution in [0.1, 0.15) is 45.7 Å². The zero-order valence-corrected chi connectivity index (χ0v) is 12.1. The van der Waals surface area contributed by atoms with Gasteiger partial charge in [-0.3, -0.25) is 0 Å². The predicted octanol–water partition coefficient (Wildman–Crippen LogP) is 3.73. The molecule has 0 aliphatic carbocycles. The Bertz CT molecular complexity index is 377. The van der Waals surface area contributed by atoms with Gasteiger partial charge in [-0.1, -0.05) is 6.92 Å². The second-order valence-electron chi connectivity index (χ2n) is 5.08. The molecular weight excluding hydrogens is 227 g/mol.